The number of aromatic nitrogens is 2. The SMILES string of the molecule is COc1ccc(-c2cc(-c3ccc(OC)cc3)n(-c3cc(Cl)cc(Cl)c3)n2)cc1. The van der Waals surface area contributed by atoms with Crippen molar-refractivity contribution >= 4 is 23.2 Å². The van der Waals surface area contributed by atoms with E-state index in [4.69, 9.17) is 37.8 Å². The minimum Gasteiger partial charge on any atom is -0.497 e. The van der Waals surface area contributed by atoms with Crippen molar-refractivity contribution in [2.75, 3.05) is 14.2 Å². The minimum absolute atomic E-state index is 0.551. The third kappa shape index (κ3) is 4.09. The van der Waals surface area contributed by atoms with Gasteiger partial charge < -0.3 is 9.47 Å². The molecule has 29 heavy (non-hydrogen) atoms. The molecule has 146 valence electrons. The fraction of sp³-hybridized carbons (Fsp3) is 0.0870. The molecule has 0 spiro atoms. The van der Waals surface area contributed by atoms with E-state index in [-0.39, 0.29) is 0 Å². The van der Waals surface area contributed by atoms with E-state index < -0.39 is 0 Å². The molecule has 0 saturated carbocycles. The normalized spacial score (nSPS) is 10.8. The summed E-state index contributed by atoms with van der Waals surface area (Å²) in [4.78, 5) is 0. The maximum atomic E-state index is 6.24. The zero-order valence-corrected chi connectivity index (χ0v) is 17.4. The maximum Gasteiger partial charge on any atom is 0.118 e. The average Bonchev–Trinajstić information content (AvgIpc) is 3.19. The molecule has 0 unspecified atom stereocenters. The first-order valence-corrected chi connectivity index (χ1v) is 9.68. The van der Waals surface area contributed by atoms with Crippen molar-refractivity contribution in [2.45, 2.75) is 0 Å². The summed E-state index contributed by atoms with van der Waals surface area (Å²) in [7, 11) is 3.30. The number of methoxy groups -OCH3 is 2. The van der Waals surface area contributed by atoms with Crippen LogP contribution in [0.3, 0.4) is 0 Å². The lowest BCUT2D eigenvalue weighted by Crippen LogP contribution is -1.99. The van der Waals surface area contributed by atoms with Gasteiger partial charge in [0, 0.05) is 21.2 Å². The fourth-order valence-corrected chi connectivity index (χ4v) is 3.62. The van der Waals surface area contributed by atoms with Gasteiger partial charge in [0.2, 0.25) is 0 Å². The van der Waals surface area contributed by atoms with E-state index in [9.17, 15) is 0 Å². The van der Waals surface area contributed by atoms with Crippen LogP contribution >= 0.6 is 23.2 Å². The molecule has 4 nitrogen and oxygen atoms in total. The van der Waals surface area contributed by atoms with Crippen molar-refractivity contribution in [1.29, 1.82) is 0 Å². The van der Waals surface area contributed by atoms with Crippen LogP contribution in [0.4, 0.5) is 0 Å². The summed E-state index contributed by atoms with van der Waals surface area (Å²) in [6.07, 6.45) is 0. The highest BCUT2D eigenvalue weighted by atomic mass is 35.5. The number of benzene rings is 3. The Morgan fingerprint density at radius 1 is 0.690 bits per heavy atom. The largest absolute Gasteiger partial charge is 0.497 e. The highest BCUT2D eigenvalue weighted by Gasteiger charge is 2.14. The zero-order chi connectivity index (χ0) is 20.4. The second-order valence-corrected chi connectivity index (χ2v) is 7.28. The summed E-state index contributed by atoms with van der Waals surface area (Å²) in [5, 5.41) is 5.94. The van der Waals surface area contributed by atoms with Gasteiger partial charge in [-0.15, -0.1) is 0 Å². The highest BCUT2D eigenvalue weighted by molar-refractivity contribution is 6.34. The molecule has 0 radical (unpaired) electrons. The molecule has 0 amide bonds. The molecule has 4 aromatic rings. The van der Waals surface area contributed by atoms with Crippen LogP contribution < -0.4 is 9.47 Å². The molecule has 0 saturated heterocycles. The van der Waals surface area contributed by atoms with Gasteiger partial charge in [-0.25, -0.2) is 4.68 Å². The van der Waals surface area contributed by atoms with Crippen LogP contribution in [0.15, 0.2) is 72.8 Å². The monoisotopic (exact) mass is 424 g/mol. The van der Waals surface area contributed by atoms with Crippen molar-refractivity contribution in [2.24, 2.45) is 0 Å². The topological polar surface area (TPSA) is 36.3 Å². The van der Waals surface area contributed by atoms with E-state index in [2.05, 4.69) is 0 Å². The molecule has 3 aromatic carbocycles. The van der Waals surface area contributed by atoms with Crippen LogP contribution in [-0.4, -0.2) is 24.0 Å². The second kappa shape index (κ2) is 8.19. The van der Waals surface area contributed by atoms with Gasteiger partial charge in [0.1, 0.15) is 11.5 Å². The summed E-state index contributed by atoms with van der Waals surface area (Å²) >= 11 is 12.5. The van der Waals surface area contributed by atoms with Gasteiger partial charge in [-0.1, -0.05) is 23.2 Å². The number of rotatable bonds is 5. The first kappa shape index (κ1) is 19.4. The van der Waals surface area contributed by atoms with Gasteiger partial charge in [-0.3, -0.25) is 0 Å². The highest BCUT2D eigenvalue weighted by Crippen LogP contribution is 2.32. The van der Waals surface area contributed by atoms with Gasteiger partial charge in [0.15, 0.2) is 0 Å². The summed E-state index contributed by atoms with van der Waals surface area (Å²) < 4.78 is 12.4. The summed E-state index contributed by atoms with van der Waals surface area (Å²) in [6, 6.07) is 23.0. The van der Waals surface area contributed by atoms with Gasteiger partial charge >= 0.3 is 0 Å². The van der Waals surface area contributed by atoms with Crippen molar-refractivity contribution in [3.63, 3.8) is 0 Å². The maximum absolute atomic E-state index is 6.24. The van der Waals surface area contributed by atoms with E-state index in [0.29, 0.717) is 10.0 Å². The summed E-state index contributed by atoms with van der Waals surface area (Å²) in [5.74, 6) is 1.59. The van der Waals surface area contributed by atoms with Gasteiger partial charge in [0.05, 0.1) is 31.3 Å². The smallest absolute Gasteiger partial charge is 0.118 e. The Bertz CT molecular complexity index is 1120. The molecular formula is C23H18Cl2N2O2. The van der Waals surface area contributed by atoms with Crippen LogP contribution in [0.25, 0.3) is 28.2 Å². The molecule has 0 N–H and O–H groups in total. The molecule has 0 aliphatic rings. The van der Waals surface area contributed by atoms with Crippen molar-refractivity contribution < 1.29 is 9.47 Å². The number of halogens is 2. The predicted molar refractivity (Wildman–Crippen MR) is 118 cm³/mol. The van der Waals surface area contributed by atoms with E-state index in [1.807, 2.05) is 71.4 Å². The van der Waals surface area contributed by atoms with Crippen LogP contribution in [-0.2, 0) is 0 Å². The van der Waals surface area contributed by atoms with Crippen LogP contribution in [0, 0.1) is 0 Å². The lowest BCUT2D eigenvalue weighted by atomic mass is 10.1. The Kier molecular flexibility index (Phi) is 5.47. The van der Waals surface area contributed by atoms with Gasteiger partial charge in [-0.05, 0) is 72.8 Å². The molecule has 4 rings (SSSR count). The second-order valence-electron chi connectivity index (χ2n) is 6.41. The molecule has 1 heterocycles. The number of ether oxygens (including phenoxy) is 2. The van der Waals surface area contributed by atoms with Crippen LogP contribution in [0.2, 0.25) is 10.0 Å². The molecule has 6 heteroatoms. The summed E-state index contributed by atoms with van der Waals surface area (Å²) in [5.41, 5.74) is 4.50. The van der Waals surface area contributed by atoms with E-state index >= 15 is 0 Å². The molecule has 0 aliphatic heterocycles. The van der Waals surface area contributed by atoms with E-state index in [1.165, 1.54) is 0 Å². The molecule has 1 aromatic heterocycles. The standard InChI is InChI=1S/C23H18Cl2N2O2/c1-28-20-7-3-15(4-8-20)22-14-23(16-5-9-21(29-2)10-6-16)27(26-22)19-12-17(24)11-18(25)13-19/h3-14H,1-2H3. The Morgan fingerprint density at radius 3 is 1.72 bits per heavy atom. The average molecular weight is 425 g/mol. The van der Waals surface area contributed by atoms with E-state index in [0.717, 1.165) is 39.7 Å². The van der Waals surface area contributed by atoms with Gasteiger partial charge in [-0.2, -0.15) is 5.10 Å². The quantitative estimate of drug-likeness (QED) is 0.365. The third-order valence-electron chi connectivity index (χ3n) is 4.57. The number of hydrogen-bond donors (Lipinski definition) is 0. The lowest BCUT2D eigenvalue weighted by Gasteiger charge is -2.09. The van der Waals surface area contributed by atoms with Crippen LogP contribution in [0.1, 0.15) is 0 Å². The van der Waals surface area contributed by atoms with Gasteiger partial charge in [0.25, 0.3) is 0 Å². The number of hydrogen-bond acceptors (Lipinski definition) is 3. The van der Waals surface area contributed by atoms with Crippen molar-refractivity contribution in [3.8, 4) is 39.7 Å². The Balaban J connectivity index is 1.87. The minimum atomic E-state index is 0.551. The molecular weight excluding hydrogens is 407 g/mol. The Labute approximate surface area is 179 Å². The van der Waals surface area contributed by atoms with E-state index in [1.54, 1.807) is 20.3 Å². The first-order valence-electron chi connectivity index (χ1n) is 8.93. The predicted octanol–water partition coefficient (Wildman–Crippen LogP) is 6.53. The lowest BCUT2D eigenvalue weighted by molar-refractivity contribution is 0.414. The first-order chi connectivity index (χ1) is 14.1. The molecule has 0 fully saturated rings. The molecule has 0 atom stereocenters. The molecule has 0 aliphatic carbocycles. The number of nitrogens with zero attached hydrogens (tertiary/aromatic N) is 2. The van der Waals surface area contributed by atoms with Crippen molar-refractivity contribution in [3.05, 3.63) is 82.8 Å². The Morgan fingerprint density at radius 2 is 1.21 bits per heavy atom. The summed E-state index contributed by atoms with van der Waals surface area (Å²) in [6.45, 7) is 0. The fourth-order valence-electron chi connectivity index (χ4n) is 3.11. The zero-order valence-electron chi connectivity index (χ0n) is 15.9. The third-order valence-corrected chi connectivity index (χ3v) is 5.01. The van der Waals surface area contributed by atoms with Crippen molar-refractivity contribution in [1.82, 2.24) is 9.78 Å². The molecule has 0 bridgehead atoms. The Hall–Kier alpha value is -2.95. The van der Waals surface area contributed by atoms with Crippen LogP contribution in [0.5, 0.6) is 11.5 Å².